The van der Waals surface area contributed by atoms with Crippen LogP contribution < -0.4 is 0 Å². The maximum absolute atomic E-state index is 2.85. The molecule has 2 bridgehead atoms. The van der Waals surface area contributed by atoms with E-state index < -0.39 is 0 Å². The van der Waals surface area contributed by atoms with Crippen molar-refractivity contribution in [3.05, 3.63) is 0 Å². The van der Waals surface area contributed by atoms with Crippen molar-refractivity contribution >= 4 is 0 Å². The smallest absolute Gasteiger partial charge is 0.0227 e. The number of likely N-dealkylation sites (tertiary alicyclic amines) is 1. The normalized spacial score (nSPS) is 36.9. The van der Waals surface area contributed by atoms with E-state index >= 15 is 0 Å². The molecule has 0 aromatic carbocycles. The summed E-state index contributed by atoms with van der Waals surface area (Å²) in [5, 5.41) is 0. The number of fused-ring (bicyclic) bond motifs is 2. The molecule has 2 aliphatic heterocycles. The van der Waals surface area contributed by atoms with Gasteiger partial charge >= 0.3 is 0 Å². The first-order valence-corrected chi connectivity index (χ1v) is 7.05. The lowest BCUT2D eigenvalue weighted by Crippen LogP contribution is -2.58. The summed E-state index contributed by atoms with van der Waals surface area (Å²) in [7, 11) is 0. The fourth-order valence-corrected chi connectivity index (χ4v) is 3.43. The van der Waals surface area contributed by atoms with Crippen molar-refractivity contribution in [1.29, 1.82) is 0 Å². The van der Waals surface area contributed by atoms with Crippen LogP contribution in [-0.2, 0) is 0 Å². The van der Waals surface area contributed by atoms with Crippen molar-refractivity contribution in [3.8, 4) is 0 Å². The summed E-state index contributed by atoms with van der Waals surface area (Å²) in [5.41, 5.74) is 0.368. The first kappa shape index (κ1) is 11.0. The molecular weight excluding hydrogens is 196 g/mol. The number of piperazine rings is 1. The molecular formula is C14H26N2. The Bertz CT molecular complexity index is 250. The summed E-state index contributed by atoms with van der Waals surface area (Å²) in [6.45, 7) is 11.1. The minimum absolute atomic E-state index is 0.368. The number of nitrogens with zero attached hydrogens (tertiary/aromatic N) is 2. The van der Waals surface area contributed by atoms with Crippen molar-refractivity contribution in [2.45, 2.75) is 64.1 Å². The van der Waals surface area contributed by atoms with Gasteiger partial charge in [0.05, 0.1) is 0 Å². The van der Waals surface area contributed by atoms with Crippen LogP contribution in [0.2, 0.25) is 0 Å². The molecule has 1 saturated carbocycles. The monoisotopic (exact) mass is 222 g/mol. The zero-order valence-corrected chi connectivity index (χ0v) is 11.1. The Morgan fingerprint density at radius 2 is 1.50 bits per heavy atom. The van der Waals surface area contributed by atoms with Gasteiger partial charge in [-0.1, -0.05) is 0 Å². The highest BCUT2D eigenvalue weighted by Gasteiger charge is 2.43. The van der Waals surface area contributed by atoms with Gasteiger partial charge in [-0.05, 0) is 52.4 Å². The Morgan fingerprint density at radius 3 is 1.94 bits per heavy atom. The quantitative estimate of drug-likeness (QED) is 0.707. The number of hydrogen-bond acceptors (Lipinski definition) is 2. The van der Waals surface area contributed by atoms with Crippen LogP contribution in [0.15, 0.2) is 0 Å². The second kappa shape index (κ2) is 3.71. The van der Waals surface area contributed by atoms with Crippen LogP contribution in [0.1, 0.15) is 46.5 Å². The predicted octanol–water partition coefficient (Wildman–Crippen LogP) is 2.34. The second-order valence-corrected chi connectivity index (χ2v) is 7.10. The van der Waals surface area contributed by atoms with Gasteiger partial charge < -0.3 is 0 Å². The Morgan fingerprint density at radius 1 is 0.938 bits per heavy atom. The predicted molar refractivity (Wildman–Crippen MR) is 67.6 cm³/mol. The molecule has 0 N–H and O–H groups in total. The van der Waals surface area contributed by atoms with Crippen molar-refractivity contribution in [2.24, 2.45) is 5.92 Å². The molecule has 0 amide bonds. The third kappa shape index (κ3) is 2.02. The molecule has 2 unspecified atom stereocenters. The van der Waals surface area contributed by atoms with Crippen molar-refractivity contribution in [1.82, 2.24) is 9.80 Å². The van der Waals surface area contributed by atoms with E-state index in [1.54, 1.807) is 0 Å². The largest absolute Gasteiger partial charge is 0.295 e. The molecule has 2 saturated heterocycles. The summed E-state index contributed by atoms with van der Waals surface area (Å²) >= 11 is 0. The van der Waals surface area contributed by atoms with Crippen LogP contribution in [0.25, 0.3) is 0 Å². The molecule has 1 aliphatic carbocycles. The van der Waals surface area contributed by atoms with Crippen LogP contribution in [0, 0.1) is 5.92 Å². The van der Waals surface area contributed by atoms with Crippen molar-refractivity contribution in [2.75, 3.05) is 19.6 Å². The number of rotatable bonds is 2. The fourth-order valence-electron chi connectivity index (χ4n) is 3.43. The molecule has 0 aromatic rings. The van der Waals surface area contributed by atoms with E-state index in [4.69, 9.17) is 0 Å². The van der Waals surface area contributed by atoms with E-state index in [-0.39, 0.29) is 0 Å². The highest BCUT2D eigenvalue weighted by atomic mass is 15.3. The molecule has 92 valence electrons. The lowest BCUT2D eigenvalue weighted by atomic mass is 10.0. The molecule has 3 fully saturated rings. The Hall–Kier alpha value is -0.0800. The third-order valence-corrected chi connectivity index (χ3v) is 4.75. The van der Waals surface area contributed by atoms with Gasteiger partial charge in [0, 0.05) is 37.3 Å². The van der Waals surface area contributed by atoms with Crippen LogP contribution in [0.4, 0.5) is 0 Å². The van der Waals surface area contributed by atoms with E-state index in [9.17, 15) is 0 Å². The van der Waals surface area contributed by atoms with Crippen LogP contribution >= 0.6 is 0 Å². The van der Waals surface area contributed by atoms with Gasteiger partial charge in [0.15, 0.2) is 0 Å². The Balaban J connectivity index is 1.66. The van der Waals surface area contributed by atoms with Crippen molar-refractivity contribution in [3.63, 3.8) is 0 Å². The van der Waals surface area contributed by atoms with E-state index in [2.05, 4.69) is 30.6 Å². The molecule has 0 aromatic heterocycles. The van der Waals surface area contributed by atoms with Gasteiger partial charge in [-0.25, -0.2) is 0 Å². The molecule has 2 nitrogen and oxygen atoms in total. The maximum atomic E-state index is 2.85. The van der Waals surface area contributed by atoms with Crippen LogP contribution in [-0.4, -0.2) is 47.1 Å². The van der Waals surface area contributed by atoms with Gasteiger partial charge in [0.1, 0.15) is 0 Å². The standard InChI is InChI=1S/C14H26N2/c1-14(2,3)15-9-12-6-7-13(10-15)16(12)8-11-4-5-11/h11-13H,4-10H2,1-3H3. The molecule has 3 aliphatic rings. The van der Waals surface area contributed by atoms with Crippen LogP contribution in [0.3, 0.4) is 0 Å². The van der Waals surface area contributed by atoms with E-state index in [1.165, 1.54) is 45.3 Å². The summed E-state index contributed by atoms with van der Waals surface area (Å²) < 4.78 is 0. The highest BCUT2D eigenvalue weighted by Crippen LogP contribution is 2.38. The van der Waals surface area contributed by atoms with Gasteiger partial charge in [-0.15, -0.1) is 0 Å². The van der Waals surface area contributed by atoms with Gasteiger partial charge in [-0.3, -0.25) is 9.80 Å². The van der Waals surface area contributed by atoms with Crippen LogP contribution in [0.5, 0.6) is 0 Å². The third-order valence-electron chi connectivity index (χ3n) is 4.75. The van der Waals surface area contributed by atoms with E-state index in [1.807, 2.05) is 0 Å². The van der Waals surface area contributed by atoms with Crippen molar-refractivity contribution < 1.29 is 0 Å². The minimum Gasteiger partial charge on any atom is -0.295 e. The second-order valence-electron chi connectivity index (χ2n) is 7.10. The summed E-state index contributed by atoms with van der Waals surface area (Å²) in [4.78, 5) is 5.55. The highest BCUT2D eigenvalue weighted by molar-refractivity contribution is 5.00. The lowest BCUT2D eigenvalue weighted by molar-refractivity contribution is 0.0136. The van der Waals surface area contributed by atoms with Gasteiger partial charge in [-0.2, -0.15) is 0 Å². The maximum Gasteiger partial charge on any atom is 0.0227 e. The zero-order valence-electron chi connectivity index (χ0n) is 11.1. The molecule has 2 heterocycles. The first-order valence-electron chi connectivity index (χ1n) is 7.05. The molecule has 2 heteroatoms. The Labute approximate surface area is 100.0 Å². The number of hydrogen-bond donors (Lipinski definition) is 0. The Kier molecular flexibility index (Phi) is 2.56. The summed E-state index contributed by atoms with van der Waals surface area (Å²) in [5.74, 6) is 1.06. The minimum atomic E-state index is 0.368. The average molecular weight is 222 g/mol. The molecule has 16 heavy (non-hydrogen) atoms. The lowest BCUT2D eigenvalue weighted by Gasteiger charge is -2.46. The summed E-state index contributed by atoms with van der Waals surface area (Å²) in [6.07, 6.45) is 5.89. The molecule has 2 atom stereocenters. The topological polar surface area (TPSA) is 6.48 Å². The zero-order chi connectivity index (χ0) is 11.3. The van der Waals surface area contributed by atoms with E-state index in [0.29, 0.717) is 5.54 Å². The van der Waals surface area contributed by atoms with Gasteiger partial charge in [0.25, 0.3) is 0 Å². The van der Waals surface area contributed by atoms with Gasteiger partial charge in [0.2, 0.25) is 0 Å². The van der Waals surface area contributed by atoms with E-state index in [0.717, 1.165) is 18.0 Å². The average Bonchev–Trinajstić information content (AvgIpc) is 2.93. The fraction of sp³-hybridized carbons (Fsp3) is 1.00. The SMILES string of the molecule is CC(C)(C)N1CC2CCC(C1)N2CC1CC1. The summed E-state index contributed by atoms with van der Waals surface area (Å²) in [6, 6.07) is 1.75. The first-order chi connectivity index (χ1) is 7.54. The molecule has 0 radical (unpaired) electrons. The molecule has 0 spiro atoms. The molecule has 3 rings (SSSR count).